The van der Waals surface area contributed by atoms with Crippen LogP contribution in [0.1, 0.15) is 24.9 Å². The molecular weight excluding hydrogens is 357 g/mol. The van der Waals surface area contributed by atoms with Gasteiger partial charge in [0.15, 0.2) is 0 Å². The van der Waals surface area contributed by atoms with Gasteiger partial charge in [0.2, 0.25) is 0 Å². The molecular formula is C11H14Br2ClNO. The Bertz CT molecular complexity index is 396. The molecule has 0 unspecified atom stereocenters. The van der Waals surface area contributed by atoms with Crippen LogP contribution in [0.4, 0.5) is 0 Å². The molecule has 0 saturated heterocycles. The van der Waals surface area contributed by atoms with E-state index in [1.54, 1.807) is 6.07 Å². The second-order valence-electron chi connectivity index (χ2n) is 3.56. The summed E-state index contributed by atoms with van der Waals surface area (Å²) >= 11 is 6.65. The van der Waals surface area contributed by atoms with Gasteiger partial charge in [0.05, 0.1) is 4.47 Å². The van der Waals surface area contributed by atoms with E-state index in [2.05, 4.69) is 38.4 Å². The van der Waals surface area contributed by atoms with E-state index in [1.165, 1.54) is 0 Å². The smallest absolute Gasteiger partial charge is 0.135 e. The van der Waals surface area contributed by atoms with E-state index >= 15 is 0 Å². The molecule has 1 rings (SSSR count). The zero-order chi connectivity index (χ0) is 11.6. The number of phenols is 1. The number of nitrogens with two attached hydrogens (primary N) is 1. The van der Waals surface area contributed by atoms with Gasteiger partial charge < -0.3 is 10.8 Å². The molecule has 0 heterocycles. The third-order valence-electron chi connectivity index (χ3n) is 2.05. The molecule has 0 amide bonds. The first-order chi connectivity index (χ1) is 6.93. The third kappa shape index (κ3) is 3.77. The Kier molecular flexibility index (Phi) is 6.63. The lowest BCUT2D eigenvalue weighted by Crippen LogP contribution is -2.11. The van der Waals surface area contributed by atoms with Crippen LogP contribution in [0.3, 0.4) is 0 Å². The second-order valence-corrected chi connectivity index (χ2v) is 5.27. The summed E-state index contributed by atoms with van der Waals surface area (Å²) in [6.45, 7) is 5.73. The number of phenolic OH excluding ortho intramolecular Hbond substituents is 1. The fraction of sp³-hybridized carbons (Fsp3) is 0.273. The molecule has 0 aliphatic heterocycles. The maximum Gasteiger partial charge on any atom is 0.135 e. The van der Waals surface area contributed by atoms with E-state index in [-0.39, 0.29) is 24.2 Å². The van der Waals surface area contributed by atoms with Crippen molar-refractivity contribution in [1.29, 1.82) is 0 Å². The number of aromatic hydroxyl groups is 1. The van der Waals surface area contributed by atoms with Crippen molar-refractivity contribution >= 4 is 44.3 Å². The van der Waals surface area contributed by atoms with Gasteiger partial charge in [-0.1, -0.05) is 21.5 Å². The highest BCUT2D eigenvalue weighted by atomic mass is 79.9. The quantitative estimate of drug-likeness (QED) is 0.778. The normalized spacial score (nSPS) is 11.8. The maximum atomic E-state index is 9.88. The predicted molar refractivity (Wildman–Crippen MR) is 77.1 cm³/mol. The van der Waals surface area contributed by atoms with Crippen molar-refractivity contribution in [2.75, 3.05) is 0 Å². The lowest BCUT2D eigenvalue weighted by atomic mass is 10.0. The van der Waals surface area contributed by atoms with Gasteiger partial charge in [-0.2, -0.15) is 0 Å². The van der Waals surface area contributed by atoms with Gasteiger partial charge in [-0.3, -0.25) is 0 Å². The summed E-state index contributed by atoms with van der Waals surface area (Å²) in [5.74, 6) is 0.193. The fourth-order valence-corrected chi connectivity index (χ4v) is 2.35. The van der Waals surface area contributed by atoms with E-state index in [0.29, 0.717) is 16.5 Å². The fourth-order valence-electron chi connectivity index (χ4n) is 1.39. The molecule has 0 fully saturated rings. The second kappa shape index (κ2) is 6.64. The van der Waals surface area contributed by atoms with Crippen LogP contribution in [-0.2, 0) is 0 Å². The standard InChI is InChI=1S/C11H13Br2NO.ClH/c1-6(2)5-9(14)10-7(12)3-4-8(13)11(10)15;/h3-4,9,15H,1,5,14H2,2H3;1H/t9-;/m1./s1. The van der Waals surface area contributed by atoms with E-state index in [0.717, 1.165) is 10.0 Å². The van der Waals surface area contributed by atoms with Crippen molar-refractivity contribution in [3.63, 3.8) is 0 Å². The Balaban J connectivity index is 0.00000225. The summed E-state index contributed by atoms with van der Waals surface area (Å²) in [4.78, 5) is 0. The molecule has 16 heavy (non-hydrogen) atoms. The zero-order valence-electron chi connectivity index (χ0n) is 8.84. The van der Waals surface area contributed by atoms with Gasteiger partial charge in [0, 0.05) is 16.1 Å². The summed E-state index contributed by atoms with van der Waals surface area (Å²) < 4.78 is 1.47. The Hall–Kier alpha value is -0.0300. The largest absolute Gasteiger partial charge is 0.506 e. The molecule has 0 bridgehead atoms. The van der Waals surface area contributed by atoms with Gasteiger partial charge in [0.1, 0.15) is 5.75 Å². The summed E-state index contributed by atoms with van der Waals surface area (Å²) in [5, 5.41) is 9.88. The average molecular weight is 371 g/mol. The number of rotatable bonds is 3. The Morgan fingerprint density at radius 2 is 1.94 bits per heavy atom. The minimum Gasteiger partial charge on any atom is -0.506 e. The van der Waals surface area contributed by atoms with Crippen LogP contribution >= 0.6 is 44.3 Å². The van der Waals surface area contributed by atoms with Gasteiger partial charge in [0.25, 0.3) is 0 Å². The van der Waals surface area contributed by atoms with E-state index in [1.807, 2.05) is 13.0 Å². The highest BCUT2D eigenvalue weighted by molar-refractivity contribution is 9.11. The third-order valence-corrected chi connectivity index (χ3v) is 3.39. The van der Waals surface area contributed by atoms with Crippen LogP contribution in [0.15, 0.2) is 33.2 Å². The van der Waals surface area contributed by atoms with E-state index in [9.17, 15) is 5.11 Å². The number of halogens is 3. The number of hydrogen-bond donors (Lipinski definition) is 2. The van der Waals surface area contributed by atoms with Crippen molar-refractivity contribution in [3.8, 4) is 5.75 Å². The van der Waals surface area contributed by atoms with Crippen LogP contribution in [0.2, 0.25) is 0 Å². The lowest BCUT2D eigenvalue weighted by Gasteiger charge is -2.16. The van der Waals surface area contributed by atoms with Gasteiger partial charge >= 0.3 is 0 Å². The summed E-state index contributed by atoms with van der Waals surface area (Å²) in [6, 6.07) is 3.39. The minimum absolute atomic E-state index is 0. The molecule has 3 N–H and O–H groups in total. The first-order valence-corrected chi connectivity index (χ1v) is 6.09. The van der Waals surface area contributed by atoms with Crippen LogP contribution < -0.4 is 5.73 Å². The highest BCUT2D eigenvalue weighted by Crippen LogP contribution is 2.38. The van der Waals surface area contributed by atoms with Gasteiger partial charge in [-0.15, -0.1) is 19.0 Å². The Morgan fingerprint density at radius 1 is 1.44 bits per heavy atom. The zero-order valence-corrected chi connectivity index (χ0v) is 12.8. The molecule has 1 atom stereocenters. The highest BCUT2D eigenvalue weighted by Gasteiger charge is 2.16. The first kappa shape index (κ1) is 16.0. The van der Waals surface area contributed by atoms with Crippen molar-refractivity contribution < 1.29 is 5.11 Å². The van der Waals surface area contributed by atoms with Crippen LogP contribution in [-0.4, -0.2) is 5.11 Å². The van der Waals surface area contributed by atoms with Gasteiger partial charge in [-0.25, -0.2) is 0 Å². The lowest BCUT2D eigenvalue weighted by molar-refractivity contribution is 0.457. The molecule has 5 heteroatoms. The van der Waals surface area contributed by atoms with Crippen molar-refractivity contribution in [3.05, 3.63) is 38.8 Å². The molecule has 0 saturated carbocycles. The van der Waals surface area contributed by atoms with Crippen LogP contribution in [0.25, 0.3) is 0 Å². The molecule has 90 valence electrons. The molecule has 0 aliphatic carbocycles. The molecule has 0 radical (unpaired) electrons. The summed E-state index contributed by atoms with van der Waals surface area (Å²) in [6.07, 6.45) is 0.655. The molecule has 0 spiro atoms. The number of hydrogen-bond acceptors (Lipinski definition) is 2. The predicted octanol–water partition coefficient (Wildman–Crippen LogP) is 4.31. The maximum absolute atomic E-state index is 9.88. The van der Waals surface area contributed by atoms with Gasteiger partial charge in [-0.05, 0) is 41.4 Å². The SMILES string of the molecule is C=C(C)C[C@@H](N)c1c(Br)ccc(Br)c1O.Cl. The molecule has 0 aromatic heterocycles. The van der Waals surface area contributed by atoms with Crippen molar-refractivity contribution in [2.45, 2.75) is 19.4 Å². The summed E-state index contributed by atoms with van der Waals surface area (Å²) in [5.41, 5.74) is 7.70. The Labute approximate surface area is 119 Å². The average Bonchev–Trinajstić information content (AvgIpc) is 2.11. The molecule has 1 aromatic carbocycles. The molecule has 1 aromatic rings. The monoisotopic (exact) mass is 369 g/mol. The van der Waals surface area contributed by atoms with Crippen LogP contribution in [0.5, 0.6) is 5.75 Å². The van der Waals surface area contributed by atoms with E-state index in [4.69, 9.17) is 5.73 Å². The summed E-state index contributed by atoms with van der Waals surface area (Å²) in [7, 11) is 0. The number of benzene rings is 1. The van der Waals surface area contributed by atoms with Crippen molar-refractivity contribution in [1.82, 2.24) is 0 Å². The minimum atomic E-state index is -0.241. The Morgan fingerprint density at radius 3 is 2.44 bits per heavy atom. The van der Waals surface area contributed by atoms with Crippen LogP contribution in [0, 0.1) is 0 Å². The first-order valence-electron chi connectivity index (χ1n) is 4.50. The topological polar surface area (TPSA) is 46.2 Å². The molecule has 0 aliphatic rings. The van der Waals surface area contributed by atoms with E-state index < -0.39 is 0 Å². The molecule has 2 nitrogen and oxygen atoms in total. The van der Waals surface area contributed by atoms with Crippen molar-refractivity contribution in [2.24, 2.45) is 5.73 Å².